The summed E-state index contributed by atoms with van der Waals surface area (Å²) in [5.74, 6) is 1.30. The largest absolute Gasteiger partial charge is 0.497 e. The molecule has 3 aromatic rings. The summed E-state index contributed by atoms with van der Waals surface area (Å²) in [5, 5.41) is 0. The monoisotopic (exact) mass is 495 g/mol. The maximum Gasteiger partial charge on any atom is 0.324 e. The van der Waals surface area contributed by atoms with E-state index in [4.69, 9.17) is 9.47 Å². The fraction of sp³-hybridized carbons (Fsp3) is 0.269. The van der Waals surface area contributed by atoms with E-state index in [1.165, 1.54) is 0 Å². The van der Waals surface area contributed by atoms with Crippen LogP contribution >= 0.6 is 0 Å². The van der Waals surface area contributed by atoms with Crippen molar-refractivity contribution < 1.29 is 22.7 Å². The molecule has 3 aromatic carbocycles. The number of anilines is 2. The Labute approximate surface area is 206 Å². The highest BCUT2D eigenvalue weighted by atomic mass is 32.2. The van der Waals surface area contributed by atoms with Crippen molar-refractivity contribution in [2.45, 2.75) is 24.8 Å². The third-order valence-corrected chi connectivity index (χ3v) is 7.25. The number of carbonyl (C=O) groups excluding carboxylic acids is 1. The molecule has 0 saturated carbocycles. The van der Waals surface area contributed by atoms with Gasteiger partial charge in [-0.2, -0.15) is 0 Å². The van der Waals surface area contributed by atoms with Crippen LogP contribution in [0.4, 0.5) is 16.2 Å². The van der Waals surface area contributed by atoms with Crippen molar-refractivity contribution >= 4 is 27.4 Å². The molecule has 1 N–H and O–H groups in total. The molecule has 0 aliphatic carbocycles. The number of para-hydroxylation sites is 2. The minimum Gasteiger partial charge on any atom is -0.497 e. The van der Waals surface area contributed by atoms with Gasteiger partial charge < -0.3 is 14.4 Å². The lowest BCUT2D eigenvalue weighted by Crippen LogP contribution is -2.49. The van der Waals surface area contributed by atoms with Crippen LogP contribution in [0.3, 0.4) is 0 Å². The maximum atomic E-state index is 13.5. The molecule has 1 aliphatic heterocycles. The quantitative estimate of drug-likeness (QED) is 0.492. The van der Waals surface area contributed by atoms with E-state index in [2.05, 4.69) is 4.72 Å². The number of aryl methyl sites for hydroxylation is 1. The van der Waals surface area contributed by atoms with E-state index in [0.717, 1.165) is 17.5 Å². The first-order valence-electron chi connectivity index (χ1n) is 11.3. The summed E-state index contributed by atoms with van der Waals surface area (Å²) < 4.78 is 39.4. The Kier molecular flexibility index (Phi) is 7.16. The molecule has 1 heterocycles. The number of sulfonamides is 1. The van der Waals surface area contributed by atoms with Crippen LogP contribution in [0.5, 0.6) is 11.5 Å². The first-order chi connectivity index (χ1) is 16.8. The SMILES string of the molecule is COc1cc(CN2CCCN(c3ccccc3NS(=O)(=O)c3ccc(C)cc3)C2=O)cc(OC)c1. The smallest absolute Gasteiger partial charge is 0.324 e. The lowest BCUT2D eigenvalue weighted by atomic mass is 10.1. The maximum absolute atomic E-state index is 13.5. The molecule has 2 amide bonds. The summed E-state index contributed by atoms with van der Waals surface area (Å²) in [6, 6.07) is 18.9. The van der Waals surface area contributed by atoms with Gasteiger partial charge >= 0.3 is 6.03 Å². The number of amides is 2. The van der Waals surface area contributed by atoms with Crippen molar-refractivity contribution in [3.63, 3.8) is 0 Å². The van der Waals surface area contributed by atoms with Crippen molar-refractivity contribution in [3.05, 3.63) is 77.9 Å². The Balaban J connectivity index is 1.58. The zero-order chi connectivity index (χ0) is 25.0. The number of ether oxygens (including phenoxy) is 2. The summed E-state index contributed by atoms with van der Waals surface area (Å²) in [6.45, 7) is 3.35. The number of carbonyl (C=O) groups is 1. The number of hydrogen-bond donors (Lipinski definition) is 1. The molecule has 0 spiro atoms. The fourth-order valence-corrected chi connectivity index (χ4v) is 5.12. The number of nitrogens with zero attached hydrogens (tertiary/aromatic N) is 2. The standard InChI is InChI=1S/C26H29N3O5S/c1-19-9-11-23(12-10-19)35(31,32)27-24-7-4-5-8-25(24)29-14-6-13-28(26(29)30)18-20-15-21(33-2)17-22(16-20)34-3/h4-5,7-12,15-17,27H,6,13-14,18H2,1-3H3. The van der Waals surface area contributed by atoms with Crippen LogP contribution in [-0.4, -0.2) is 46.7 Å². The molecule has 35 heavy (non-hydrogen) atoms. The highest BCUT2D eigenvalue weighted by Crippen LogP contribution is 2.31. The van der Waals surface area contributed by atoms with Crippen LogP contribution in [0.2, 0.25) is 0 Å². The van der Waals surface area contributed by atoms with Gasteiger partial charge in [0.1, 0.15) is 11.5 Å². The molecular formula is C26H29N3O5S. The molecule has 1 saturated heterocycles. The van der Waals surface area contributed by atoms with Gasteiger partial charge in [0.2, 0.25) is 0 Å². The zero-order valence-corrected chi connectivity index (χ0v) is 20.8. The first kappa shape index (κ1) is 24.4. The van der Waals surface area contributed by atoms with E-state index in [-0.39, 0.29) is 10.9 Å². The molecule has 4 rings (SSSR count). The first-order valence-corrected chi connectivity index (χ1v) is 12.8. The Morgan fingerprint density at radius 1 is 0.914 bits per heavy atom. The summed E-state index contributed by atoms with van der Waals surface area (Å²) in [4.78, 5) is 17.0. The molecule has 8 nitrogen and oxygen atoms in total. The van der Waals surface area contributed by atoms with Crippen molar-refractivity contribution in [1.82, 2.24) is 4.90 Å². The van der Waals surface area contributed by atoms with Gasteiger partial charge in [0.25, 0.3) is 10.0 Å². The molecule has 0 atom stereocenters. The van der Waals surface area contributed by atoms with E-state index < -0.39 is 10.0 Å². The molecule has 0 unspecified atom stereocenters. The number of methoxy groups -OCH3 is 2. The molecular weight excluding hydrogens is 466 g/mol. The average molecular weight is 496 g/mol. The molecule has 0 radical (unpaired) electrons. The Bertz CT molecular complexity index is 1290. The van der Waals surface area contributed by atoms with Gasteiger partial charge in [-0.05, 0) is 55.3 Å². The van der Waals surface area contributed by atoms with E-state index >= 15 is 0 Å². The second kappa shape index (κ2) is 10.3. The topological polar surface area (TPSA) is 88.2 Å². The van der Waals surface area contributed by atoms with E-state index in [9.17, 15) is 13.2 Å². The Hall–Kier alpha value is -3.72. The Morgan fingerprint density at radius 3 is 2.23 bits per heavy atom. The number of hydrogen-bond acceptors (Lipinski definition) is 5. The zero-order valence-electron chi connectivity index (χ0n) is 20.0. The van der Waals surface area contributed by atoms with E-state index in [1.54, 1.807) is 78.6 Å². The van der Waals surface area contributed by atoms with Crippen molar-refractivity contribution in [2.75, 3.05) is 36.9 Å². The van der Waals surface area contributed by atoms with Gasteiger partial charge in [-0.25, -0.2) is 13.2 Å². The van der Waals surface area contributed by atoms with Crippen LogP contribution in [0.1, 0.15) is 17.5 Å². The molecule has 0 aromatic heterocycles. The van der Waals surface area contributed by atoms with Crippen molar-refractivity contribution in [2.24, 2.45) is 0 Å². The predicted octanol–water partition coefficient (Wildman–Crippen LogP) is 4.65. The van der Waals surface area contributed by atoms with Gasteiger partial charge in [-0.15, -0.1) is 0 Å². The van der Waals surface area contributed by atoms with E-state index in [1.807, 2.05) is 19.1 Å². The summed E-state index contributed by atoms with van der Waals surface area (Å²) in [5.41, 5.74) is 2.72. The average Bonchev–Trinajstić information content (AvgIpc) is 2.85. The van der Waals surface area contributed by atoms with Crippen LogP contribution in [0.15, 0.2) is 71.6 Å². The van der Waals surface area contributed by atoms with Gasteiger partial charge in [0, 0.05) is 25.7 Å². The summed E-state index contributed by atoms with van der Waals surface area (Å²) >= 11 is 0. The highest BCUT2D eigenvalue weighted by molar-refractivity contribution is 7.92. The predicted molar refractivity (Wildman–Crippen MR) is 136 cm³/mol. The van der Waals surface area contributed by atoms with Crippen LogP contribution in [0.25, 0.3) is 0 Å². The van der Waals surface area contributed by atoms with Gasteiger partial charge in [0.15, 0.2) is 0 Å². The molecule has 0 bridgehead atoms. The second-order valence-corrected chi connectivity index (χ2v) is 10.0. The molecule has 1 fully saturated rings. The second-order valence-electron chi connectivity index (χ2n) is 8.37. The lowest BCUT2D eigenvalue weighted by molar-refractivity contribution is 0.192. The van der Waals surface area contributed by atoms with Crippen LogP contribution in [0, 0.1) is 6.92 Å². The Morgan fingerprint density at radius 2 is 1.57 bits per heavy atom. The lowest BCUT2D eigenvalue weighted by Gasteiger charge is -2.36. The minimum atomic E-state index is -3.82. The van der Waals surface area contributed by atoms with Gasteiger partial charge in [-0.3, -0.25) is 9.62 Å². The van der Waals surface area contributed by atoms with Crippen LogP contribution < -0.4 is 19.1 Å². The number of rotatable bonds is 8. The van der Waals surface area contributed by atoms with Crippen molar-refractivity contribution in [1.29, 1.82) is 0 Å². The summed E-state index contributed by atoms with van der Waals surface area (Å²) in [6.07, 6.45) is 0.742. The van der Waals surface area contributed by atoms with E-state index in [0.29, 0.717) is 42.5 Å². The molecule has 184 valence electrons. The molecule has 1 aliphatic rings. The number of nitrogens with one attached hydrogen (secondary N) is 1. The third kappa shape index (κ3) is 5.51. The molecule has 9 heteroatoms. The third-order valence-electron chi connectivity index (χ3n) is 5.87. The number of benzene rings is 3. The fourth-order valence-electron chi connectivity index (χ4n) is 4.05. The summed E-state index contributed by atoms with van der Waals surface area (Å²) in [7, 11) is -0.647. The van der Waals surface area contributed by atoms with Crippen LogP contribution in [-0.2, 0) is 16.6 Å². The minimum absolute atomic E-state index is 0.163. The normalized spacial score (nSPS) is 14.1. The van der Waals surface area contributed by atoms with Crippen molar-refractivity contribution in [3.8, 4) is 11.5 Å². The number of urea groups is 1. The van der Waals surface area contributed by atoms with Gasteiger partial charge in [0.05, 0.1) is 30.5 Å². The van der Waals surface area contributed by atoms with Gasteiger partial charge in [-0.1, -0.05) is 29.8 Å². The highest BCUT2D eigenvalue weighted by Gasteiger charge is 2.29.